The van der Waals surface area contributed by atoms with Gasteiger partial charge in [0.15, 0.2) is 5.82 Å². The van der Waals surface area contributed by atoms with E-state index < -0.39 is 0 Å². The molecule has 0 spiro atoms. The molecule has 0 aliphatic carbocycles. The fraction of sp³-hybridized carbons (Fsp3) is 0.800. The van der Waals surface area contributed by atoms with Crippen LogP contribution >= 0.6 is 11.8 Å². The second-order valence-electron chi connectivity index (χ2n) is 3.49. The van der Waals surface area contributed by atoms with Crippen LogP contribution in [0.3, 0.4) is 0 Å². The third-order valence-corrected chi connectivity index (χ3v) is 2.66. The van der Waals surface area contributed by atoms with Crippen LogP contribution in [0.1, 0.15) is 37.5 Å². The van der Waals surface area contributed by atoms with Gasteiger partial charge in [-0.2, -0.15) is 16.7 Å². The van der Waals surface area contributed by atoms with Crippen molar-refractivity contribution in [3.63, 3.8) is 0 Å². The number of nitrogens with zero attached hydrogens (tertiary/aromatic N) is 2. The summed E-state index contributed by atoms with van der Waals surface area (Å²) in [6.07, 6.45) is 3.88. The van der Waals surface area contributed by atoms with Gasteiger partial charge in [-0.1, -0.05) is 12.1 Å². The van der Waals surface area contributed by atoms with Crippen LogP contribution in [0, 0.1) is 0 Å². The van der Waals surface area contributed by atoms with Crippen molar-refractivity contribution in [2.24, 2.45) is 5.73 Å². The minimum Gasteiger partial charge on any atom is -0.373 e. The highest BCUT2D eigenvalue weighted by Crippen LogP contribution is 2.14. The van der Waals surface area contributed by atoms with Crippen LogP contribution < -0.4 is 5.73 Å². The van der Waals surface area contributed by atoms with Gasteiger partial charge in [-0.25, -0.2) is 0 Å². The quantitative estimate of drug-likeness (QED) is 0.703. The van der Waals surface area contributed by atoms with Crippen molar-refractivity contribution in [3.8, 4) is 0 Å². The first-order valence-corrected chi connectivity index (χ1v) is 6.82. The van der Waals surface area contributed by atoms with E-state index in [1.807, 2.05) is 6.26 Å². The van der Waals surface area contributed by atoms with Gasteiger partial charge in [-0.3, -0.25) is 0 Å². The Hall–Kier alpha value is -0.590. The first kappa shape index (κ1) is 13.5. The lowest BCUT2D eigenvalue weighted by Gasteiger charge is -2.03. The van der Waals surface area contributed by atoms with E-state index in [1.165, 1.54) is 0 Å². The highest BCUT2D eigenvalue weighted by atomic mass is 32.2. The molecule has 0 aliphatic heterocycles. The molecule has 16 heavy (non-hydrogen) atoms. The molecule has 0 aliphatic rings. The maximum absolute atomic E-state index is 5.90. The Morgan fingerprint density at radius 3 is 3.06 bits per heavy atom. The van der Waals surface area contributed by atoms with Gasteiger partial charge in [0.2, 0.25) is 5.89 Å². The van der Waals surface area contributed by atoms with Crippen molar-refractivity contribution < 1.29 is 9.26 Å². The number of aromatic nitrogens is 2. The zero-order valence-electron chi connectivity index (χ0n) is 9.81. The lowest BCUT2D eigenvalue weighted by molar-refractivity contribution is 0.114. The van der Waals surface area contributed by atoms with Crippen molar-refractivity contribution in [1.82, 2.24) is 10.1 Å². The number of nitrogens with two attached hydrogens (primary N) is 1. The number of ether oxygens (including phenoxy) is 1. The molecule has 0 aromatic carbocycles. The van der Waals surface area contributed by atoms with Crippen molar-refractivity contribution in [3.05, 3.63) is 11.7 Å². The molecule has 0 bridgehead atoms. The van der Waals surface area contributed by atoms with E-state index in [0.717, 1.165) is 18.6 Å². The molecular weight excluding hydrogens is 226 g/mol. The fourth-order valence-electron chi connectivity index (χ4n) is 1.15. The molecule has 1 atom stereocenters. The summed E-state index contributed by atoms with van der Waals surface area (Å²) in [4.78, 5) is 4.20. The number of rotatable bonds is 8. The molecule has 5 nitrogen and oxygen atoms in total. The molecule has 92 valence electrons. The largest absolute Gasteiger partial charge is 0.373 e. The highest BCUT2D eigenvalue weighted by molar-refractivity contribution is 7.98. The zero-order chi connectivity index (χ0) is 11.8. The minimum absolute atomic E-state index is 0.167. The fourth-order valence-corrected chi connectivity index (χ4v) is 1.64. The summed E-state index contributed by atoms with van der Waals surface area (Å²) < 4.78 is 10.4. The summed E-state index contributed by atoms with van der Waals surface area (Å²) in [5.41, 5.74) is 5.90. The van der Waals surface area contributed by atoms with Crippen molar-refractivity contribution in [2.75, 3.05) is 18.6 Å². The topological polar surface area (TPSA) is 74.2 Å². The Morgan fingerprint density at radius 1 is 1.56 bits per heavy atom. The lowest BCUT2D eigenvalue weighted by atomic mass is 10.2. The molecule has 6 heteroatoms. The van der Waals surface area contributed by atoms with E-state index in [4.69, 9.17) is 15.0 Å². The van der Waals surface area contributed by atoms with Gasteiger partial charge in [0.05, 0.1) is 6.04 Å². The summed E-state index contributed by atoms with van der Waals surface area (Å²) in [6.45, 7) is 3.16. The van der Waals surface area contributed by atoms with Gasteiger partial charge in [0.1, 0.15) is 6.61 Å². The summed E-state index contributed by atoms with van der Waals surface area (Å²) in [7, 11) is 0. The van der Waals surface area contributed by atoms with Gasteiger partial charge >= 0.3 is 0 Å². The Morgan fingerprint density at radius 2 is 2.38 bits per heavy atom. The highest BCUT2D eigenvalue weighted by Gasteiger charge is 2.14. The standard InChI is InChI=1S/C10H19N3O2S/c1-3-5-14-7-9-12-10(15-13-9)8(11)4-6-16-2/h8H,3-7,11H2,1-2H3/t8-/m1/s1. The van der Waals surface area contributed by atoms with E-state index >= 15 is 0 Å². The van der Waals surface area contributed by atoms with Gasteiger partial charge in [-0.05, 0) is 24.9 Å². The SMILES string of the molecule is CCCOCc1noc([C@H](N)CCSC)n1. The summed E-state index contributed by atoms with van der Waals surface area (Å²) >= 11 is 1.75. The zero-order valence-corrected chi connectivity index (χ0v) is 10.6. The molecule has 0 radical (unpaired) electrons. The van der Waals surface area contributed by atoms with Crippen molar-refractivity contribution >= 4 is 11.8 Å². The summed E-state index contributed by atoms with van der Waals surface area (Å²) in [5.74, 6) is 2.07. The molecular formula is C10H19N3O2S. The molecule has 1 rings (SSSR count). The van der Waals surface area contributed by atoms with Gasteiger partial charge < -0.3 is 15.0 Å². The smallest absolute Gasteiger partial charge is 0.243 e. The average molecular weight is 245 g/mol. The number of thioether (sulfide) groups is 1. The second-order valence-corrected chi connectivity index (χ2v) is 4.47. The Balaban J connectivity index is 2.37. The van der Waals surface area contributed by atoms with Crippen molar-refractivity contribution in [1.29, 1.82) is 0 Å². The predicted octanol–water partition coefficient (Wildman–Crippen LogP) is 1.75. The molecule has 0 fully saturated rings. The van der Waals surface area contributed by atoms with Gasteiger partial charge in [0.25, 0.3) is 0 Å². The first-order chi connectivity index (χ1) is 7.77. The Bertz CT molecular complexity index is 293. The molecule has 0 saturated carbocycles. The van der Waals surface area contributed by atoms with Gasteiger partial charge in [-0.15, -0.1) is 0 Å². The average Bonchev–Trinajstić information content (AvgIpc) is 2.75. The van der Waals surface area contributed by atoms with E-state index in [-0.39, 0.29) is 6.04 Å². The number of hydrogen-bond acceptors (Lipinski definition) is 6. The predicted molar refractivity (Wildman–Crippen MR) is 64.2 cm³/mol. The summed E-state index contributed by atoms with van der Waals surface area (Å²) in [5, 5.41) is 3.82. The maximum Gasteiger partial charge on any atom is 0.243 e. The lowest BCUT2D eigenvalue weighted by Crippen LogP contribution is -2.11. The third-order valence-electron chi connectivity index (χ3n) is 2.01. The third kappa shape index (κ3) is 4.51. The van der Waals surface area contributed by atoms with Crippen LogP contribution in [0.4, 0.5) is 0 Å². The summed E-state index contributed by atoms with van der Waals surface area (Å²) in [6, 6.07) is -0.167. The first-order valence-electron chi connectivity index (χ1n) is 5.42. The normalized spacial score (nSPS) is 12.9. The van der Waals surface area contributed by atoms with E-state index in [1.54, 1.807) is 11.8 Å². The van der Waals surface area contributed by atoms with Crippen LogP contribution in [0.25, 0.3) is 0 Å². The van der Waals surface area contributed by atoms with Crippen molar-refractivity contribution in [2.45, 2.75) is 32.4 Å². The van der Waals surface area contributed by atoms with E-state index in [2.05, 4.69) is 17.1 Å². The molecule has 1 aromatic heterocycles. The number of hydrogen-bond donors (Lipinski definition) is 1. The monoisotopic (exact) mass is 245 g/mol. The molecule has 0 amide bonds. The Kier molecular flexibility index (Phi) is 6.44. The van der Waals surface area contributed by atoms with Crippen LogP contribution in [0.5, 0.6) is 0 Å². The maximum atomic E-state index is 5.90. The molecule has 0 saturated heterocycles. The van der Waals surface area contributed by atoms with Gasteiger partial charge in [0, 0.05) is 6.61 Å². The van der Waals surface area contributed by atoms with Crippen LogP contribution in [-0.4, -0.2) is 28.8 Å². The Labute approximate surface area is 100 Å². The van der Waals surface area contributed by atoms with E-state index in [0.29, 0.717) is 24.9 Å². The van der Waals surface area contributed by atoms with Crippen LogP contribution in [-0.2, 0) is 11.3 Å². The van der Waals surface area contributed by atoms with E-state index in [9.17, 15) is 0 Å². The molecule has 0 unspecified atom stereocenters. The second kappa shape index (κ2) is 7.65. The molecule has 1 heterocycles. The molecule has 2 N–H and O–H groups in total. The van der Waals surface area contributed by atoms with Crippen LogP contribution in [0.15, 0.2) is 4.52 Å². The van der Waals surface area contributed by atoms with Crippen LogP contribution in [0.2, 0.25) is 0 Å². The molecule has 1 aromatic rings. The minimum atomic E-state index is -0.167.